The van der Waals surface area contributed by atoms with Gasteiger partial charge in [0.15, 0.2) is 29.0 Å². The van der Waals surface area contributed by atoms with E-state index in [-0.39, 0.29) is 22.2 Å². The summed E-state index contributed by atoms with van der Waals surface area (Å²) < 4.78 is 103. The van der Waals surface area contributed by atoms with Crippen molar-refractivity contribution in [1.29, 1.82) is 0 Å². The summed E-state index contributed by atoms with van der Waals surface area (Å²) in [5.41, 5.74) is -4.93. The van der Waals surface area contributed by atoms with Crippen LogP contribution >= 0.6 is 11.6 Å². The summed E-state index contributed by atoms with van der Waals surface area (Å²) in [6.45, 7) is -0.430. The standard InChI is InChI=1S/C19H8ClF7N2O5/c20-9-3-1-7(29(31)32)5-11(9)33-6-8-2-4-10(34-8)18(30)28-17-15(23)13(21)12(19(25,26)27)14(22)16(17)24/h1-5H,6H2,(H,28,30). The van der Waals surface area contributed by atoms with Gasteiger partial charge in [0.1, 0.15) is 29.4 Å². The van der Waals surface area contributed by atoms with Gasteiger partial charge in [-0.1, -0.05) is 11.6 Å². The number of halogens is 8. The quantitative estimate of drug-likeness (QED) is 0.182. The topological polar surface area (TPSA) is 94.6 Å². The highest BCUT2D eigenvalue weighted by molar-refractivity contribution is 6.32. The minimum Gasteiger partial charge on any atom is -0.484 e. The van der Waals surface area contributed by atoms with Gasteiger partial charge in [-0.2, -0.15) is 13.2 Å². The Morgan fingerprint density at radius 1 is 1.06 bits per heavy atom. The maximum absolute atomic E-state index is 13.9. The number of furan rings is 1. The average molecular weight is 513 g/mol. The lowest BCUT2D eigenvalue weighted by Gasteiger charge is -2.14. The number of nitrogens with zero attached hydrogens (tertiary/aromatic N) is 1. The van der Waals surface area contributed by atoms with Crippen molar-refractivity contribution in [3.05, 3.63) is 85.8 Å². The van der Waals surface area contributed by atoms with Crippen molar-refractivity contribution < 1.29 is 49.6 Å². The number of rotatable bonds is 6. The van der Waals surface area contributed by atoms with Crippen molar-refractivity contribution in [1.82, 2.24) is 0 Å². The van der Waals surface area contributed by atoms with E-state index in [1.807, 2.05) is 0 Å². The lowest BCUT2D eigenvalue weighted by molar-refractivity contribution is -0.384. The molecule has 0 radical (unpaired) electrons. The van der Waals surface area contributed by atoms with Crippen LogP contribution in [-0.4, -0.2) is 10.8 Å². The molecule has 1 heterocycles. The van der Waals surface area contributed by atoms with E-state index < -0.39 is 63.9 Å². The number of nitro benzene ring substituents is 1. The molecule has 0 spiro atoms. The van der Waals surface area contributed by atoms with Crippen LogP contribution in [0.4, 0.5) is 42.1 Å². The number of non-ortho nitro benzene ring substituents is 1. The fraction of sp³-hybridized carbons (Fsp3) is 0.105. The molecule has 15 heteroatoms. The Morgan fingerprint density at radius 2 is 1.68 bits per heavy atom. The summed E-state index contributed by atoms with van der Waals surface area (Å²) in [6.07, 6.45) is -5.74. The predicted molar refractivity (Wildman–Crippen MR) is 100 cm³/mol. The molecular weight excluding hydrogens is 505 g/mol. The normalized spacial score (nSPS) is 11.4. The number of alkyl halides is 3. The minimum absolute atomic E-state index is 0.00688. The number of hydrogen-bond acceptors (Lipinski definition) is 5. The van der Waals surface area contributed by atoms with E-state index in [9.17, 15) is 45.6 Å². The van der Waals surface area contributed by atoms with Crippen molar-refractivity contribution in [3.63, 3.8) is 0 Å². The summed E-state index contributed by atoms with van der Waals surface area (Å²) in [7, 11) is 0. The van der Waals surface area contributed by atoms with Crippen molar-refractivity contribution in [2.45, 2.75) is 12.8 Å². The number of anilines is 1. The van der Waals surface area contributed by atoms with E-state index in [4.69, 9.17) is 20.8 Å². The van der Waals surface area contributed by atoms with E-state index in [2.05, 4.69) is 0 Å². The Bertz CT molecular complexity index is 1260. The Hall–Kier alpha value is -3.81. The zero-order valence-corrected chi connectivity index (χ0v) is 16.9. The van der Waals surface area contributed by atoms with Gasteiger partial charge in [-0.15, -0.1) is 0 Å². The Kier molecular flexibility index (Phi) is 6.72. The Balaban J connectivity index is 1.78. The first kappa shape index (κ1) is 24.8. The second-order valence-corrected chi connectivity index (χ2v) is 6.79. The predicted octanol–water partition coefficient (Wildman–Crippen LogP) is 6.25. The van der Waals surface area contributed by atoms with Crippen LogP contribution < -0.4 is 10.1 Å². The summed E-state index contributed by atoms with van der Waals surface area (Å²) >= 11 is 5.86. The molecule has 3 aromatic rings. The number of nitrogens with one attached hydrogen (secondary N) is 1. The maximum Gasteiger partial charge on any atom is 0.422 e. The third-order valence-electron chi connectivity index (χ3n) is 4.17. The second kappa shape index (κ2) is 9.21. The molecule has 0 unspecified atom stereocenters. The lowest BCUT2D eigenvalue weighted by atomic mass is 10.1. The lowest BCUT2D eigenvalue weighted by Crippen LogP contribution is -2.20. The SMILES string of the molecule is O=C(Nc1c(F)c(F)c(C(F)(F)F)c(F)c1F)c1ccc(COc2cc([N+](=O)[O-])ccc2Cl)o1. The third kappa shape index (κ3) is 4.90. The van der Waals surface area contributed by atoms with Gasteiger partial charge < -0.3 is 14.5 Å². The monoisotopic (exact) mass is 512 g/mol. The zero-order chi connectivity index (χ0) is 25.4. The highest BCUT2D eigenvalue weighted by Gasteiger charge is 2.42. The number of benzene rings is 2. The number of hydrogen-bond donors (Lipinski definition) is 1. The molecule has 0 bridgehead atoms. The summed E-state index contributed by atoms with van der Waals surface area (Å²) in [4.78, 5) is 22.2. The molecule has 0 aliphatic rings. The van der Waals surface area contributed by atoms with Crippen LogP contribution in [0.25, 0.3) is 0 Å². The fourth-order valence-corrected chi connectivity index (χ4v) is 2.78. The molecule has 0 saturated carbocycles. The van der Waals surface area contributed by atoms with E-state index in [1.165, 1.54) is 11.4 Å². The molecule has 34 heavy (non-hydrogen) atoms. The molecule has 180 valence electrons. The third-order valence-corrected chi connectivity index (χ3v) is 4.48. The molecule has 3 rings (SSSR count). The molecule has 1 N–H and O–H groups in total. The minimum atomic E-state index is -5.74. The van der Waals surface area contributed by atoms with Gasteiger partial charge in [-0.25, -0.2) is 17.6 Å². The van der Waals surface area contributed by atoms with Gasteiger partial charge in [-0.05, 0) is 18.2 Å². The van der Waals surface area contributed by atoms with Crippen molar-refractivity contribution in [2.24, 2.45) is 0 Å². The first-order valence-electron chi connectivity index (χ1n) is 8.71. The molecule has 0 aliphatic carbocycles. The second-order valence-electron chi connectivity index (χ2n) is 6.38. The van der Waals surface area contributed by atoms with Crippen molar-refractivity contribution in [2.75, 3.05) is 5.32 Å². The van der Waals surface area contributed by atoms with Gasteiger partial charge in [-0.3, -0.25) is 14.9 Å². The largest absolute Gasteiger partial charge is 0.484 e. The van der Waals surface area contributed by atoms with E-state index in [0.29, 0.717) is 0 Å². The zero-order valence-electron chi connectivity index (χ0n) is 16.1. The van der Waals surface area contributed by atoms with Crippen LogP contribution in [-0.2, 0) is 12.8 Å². The van der Waals surface area contributed by atoms with E-state index >= 15 is 0 Å². The molecule has 1 amide bonds. The first-order chi connectivity index (χ1) is 15.8. The first-order valence-corrected chi connectivity index (χ1v) is 9.09. The molecule has 0 fully saturated rings. The summed E-state index contributed by atoms with van der Waals surface area (Å²) in [5, 5.41) is 12.2. The van der Waals surface area contributed by atoms with E-state index in [0.717, 1.165) is 24.3 Å². The summed E-state index contributed by atoms with van der Waals surface area (Å²) in [5.74, 6) is -12.8. The Labute approximate surface area is 188 Å². The molecular formula is C19H8ClF7N2O5. The number of amides is 1. The van der Waals surface area contributed by atoms with Crippen molar-refractivity contribution >= 4 is 28.9 Å². The van der Waals surface area contributed by atoms with Gasteiger partial charge in [0.05, 0.1) is 16.0 Å². The summed E-state index contributed by atoms with van der Waals surface area (Å²) in [6, 6.07) is 5.42. The molecule has 0 saturated heterocycles. The van der Waals surface area contributed by atoms with Crippen LogP contribution in [0.1, 0.15) is 21.9 Å². The smallest absolute Gasteiger partial charge is 0.422 e. The number of carbonyl (C=O) groups is 1. The van der Waals surface area contributed by atoms with Crippen molar-refractivity contribution in [3.8, 4) is 5.75 Å². The van der Waals surface area contributed by atoms with Crippen LogP contribution in [0.2, 0.25) is 5.02 Å². The van der Waals surface area contributed by atoms with Crippen LogP contribution in [0.5, 0.6) is 5.75 Å². The van der Waals surface area contributed by atoms with Gasteiger partial charge in [0.2, 0.25) is 0 Å². The van der Waals surface area contributed by atoms with Crippen LogP contribution in [0, 0.1) is 33.4 Å². The highest BCUT2D eigenvalue weighted by Crippen LogP contribution is 2.38. The van der Waals surface area contributed by atoms with Crippen LogP contribution in [0.15, 0.2) is 34.7 Å². The number of carbonyl (C=O) groups excluding carboxylic acids is 1. The maximum atomic E-state index is 13.9. The molecule has 2 aromatic carbocycles. The molecule has 1 aromatic heterocycles. The van der Waals surface area contributed by atoms with Gasteiger partial charge >= 0.3 is 6.18 Å². The number of ether oxygens (including phenoxy) is 1. The van der Waals surface area contributed by atoms with Gasteiger partial charge in [0, 0.05) is 6.07 Å². The molecule has 7 nitrogen and oxygen atoms in total. The highest BCUT2D eigenvalue weighted by atomic mass is 35.5. The van der Waals surface area contributed by atoms with E-state index in [1.54, 1.807) is 0 Å². The van der Waals surface area contributed by atoms with Gasteiger partial charge in [0.25, 0.3) is 11.6 Å². The number of nitro groups is 1. The molecule has 0 aliphatic heterocycles. The average Bonchev–Trinajstić information content (AvgIpc) is 3.23. The van der Waals surface area contributed by atoms with Crippen LogP contribution in [0.3, 0.4) is 0 Å². The molecule has 0 atom stereocenters. The fourth-order valence-electron chi connectivity index (χ4n) is 2.61. The Morgan fingerprint density at radius 3 is 2.24 bits per heavy atom.